The number of hydrogen-bond acceptors (Lipinski definition) is 3. The summed E-state index contributed by atoms with van der Waals surface area (Å²) in [5.41, 5.74) is -1.19. The van der Waals surface area contributed by atoms with E-state index in [0.29, 0.717) is 0 Å². The topological polar surface area (TPSA) is 54.5 Å². The minimum absolute atomic E-state index is 0.0144. The summed E-state index contributed by atoms with van der Waals surface area (Å²) in [5, 5.41) is 13.1. The van der Waals surface area contributed by atoms with Gasteiger partial charge in [0.05, 0.1) is 12.6 Å². The van der Waals surface area contributed by atoms with E-state index in [0.717, 1.165) is 6.07 Å². The van der Waals surface area contributed by atoms with Gasteiger partial charge in [-0.15, -0.1) is 0 Å². The van der Waals surface area contributed by atoms with E-state index >= 15 is 0 Å². The molecular formula is C12H10F2N4. The highest BCUT2D eigenvalue weighted by Gasteiger charge is 2.31. The molecule has 0 saturated heterocycles. The van der Waals surface area contributed by atoms with Crippen molar-refractivity contribution in [3.05, 3.63) is 48.1 Å². The summed E-state index contributed by atoms with van der Waals surface area (Å²) in [6.07, 6.45) is 2.74. The second kappa shape index (κ2) is 4.53. The van der Waals surface area contributed by atoms with Crippen molar-refractivity contribution in [3.8, 4) is 6.07 Å². The van der Waals surface area contributed by atoms with Gasteiger partial charge in [-0.05, 0) is 13.0 Å². The molecule has 0 bridgehead atoms. The zero-order chi connectivity index (χ0) is 13.2. The van der Waals surface area contributed by atoms with Crippen molar-refractivity contribution >= 4 is 0 Å². The first-order valence-electron chi connectivity index (χ1n) is 5.25. The van der Waals surface area contributed by atoms with E-state index in [1.807, 2.05) is 6.07 Å². The van der Waals surface area contributed by atoms with Crippen molar-refractivity contribution in [1.29, 1.82) is 5.26 Å². The highest BCUT2D eigenvalue weighted by atomic mass is 19.2. The molecule has 0 aliphatic heterocycles. The Kier molecular flexibility index (Phi) is 3.06. The highest BCUT2D eigenvalue weighted by Crippen LogP contribution is 2.28. The summed E-state index contributed by atoms with van der Waals surface area (Å²) in [5.74, 6) is -1.96. The van der Waals surface area contributed by atoms with E-state index in [1.165, 1.54) is 36.4 Å². The molecule has 92 valence electrons. The van der Waals surface area contributed by atoms with E-state index in [9.17, 15) is 14.0 Å². The van der Waals surface area contributed by atoms with Gasteiger partial charge in [-0.3, -0.25) is 4.68 Å². The number of halogens is 2. The van der Waals surface area contributed by atoms with Crippen LogP contribution in [-0.2, 0) is 12.0 Å². The Hall–Kier alpha value is -2.29. The molecule has 1 atom stereocenters. The van der Waals surface area contributed by atoms with Crippen molar-refractivity contribution in [1.82, 2.24) is 14.8 Å². The van der Waals surface area contributed by atoms with Crippen LogP contribution in [0.25, 0.3) is 0 Å². The fourth-order valence-corrected chi connectivity index (χ4v) is 1.75. The molecule has 1 heterocycles. The van der Waals surface area contributed by atoms with E-state index in [-0.39, 0.29) is 12.1 Å². The molecule has 0 saturated carbocycles. The zero-order valence-electron chi connectivity index (χ0n) is 9.64. The van der Waals surface area contributed by atoms with E-state index in [4.69, 9.17) is 0 Å². The third-order valence-corrected chi connectivity index (χ3v) is 2.74. The fourth-order valence-electron chi connectivity index (χ4n) is 1.75. The molecule has 0 fully saturated rings. The maximum Gasteiger partial charge on any atom is 0.163 e. The molecule has 1 aromatic heterocycles. The SMILES string of the molecule is CC(C#N)(Cn1cncn1)c1cccc(F)c1F. The molecule has 0 amide bonds. The minimum Gasteiger partial charge on any atom is -0.251 e. The molecule has 0 N–H and O–H groups in total. The average molecular weight is 248 g/mol. The summed E-state index contributed by atoms with van der Waals surface area (Å²) in [4.78, 5) is 3.75. The Balaban J connectivity index is 2.44. The lowest BCUT2D eigenvalue weighted by Crippen LogP contribution is -2.28. The molecule has 6 heteroatoms. The quantitative estimate of drug-likeness (QED) is 0.835. The van der Waals surface area contributed by atoms with Crippen LogP contribution in [0.5, 0.6) is 0 Å². The number of nitrogens with zero attached hydrogens (tertiary/aromatic N) is 4. The van der Waals surface area contributed by atoms with E-state index in [1.54, 1.807) is 0 Å². The van der Waals surface area contributed by atoms with Gasteiger partial charge in [-0.2, -0.15) is 10.4 Å². The lowest BCUT2D eigenvalue weighted by molar-refractivity contribution is 0.422. The van der Waals surface area contributed by atoms with Gasteiger partial charge in [0.25, 0.3) is 0 Å². The molecule has 0 radical (unpaired) electrons. The van der Waals surface area contributed by atoms with Gasteiger partial charge < -0.3 is 0 Å². The average Bonchev–Trinajstić information content (AvgIpc) is 2.85. The van der Waals surface area contributed by atoms with Crippen molar-refractivity contribution < 1.29 is 8.78 Å². The molecule has 1 aromatic carbocycles. The first kappa shape index (κ1) is 12.2. The maximum absolute atomic E-state index is 13.7. The number of aromatic nitrogens is 3. The Labute approximate surface area is 102 Å². The standard InChI is InChI=1S/C12H10F2N4/c1-12(5-15,6-18-8-16-7-17-18)9-3-2-4-10(13)11(9)14/h2-4,7-8H,6H2,1H3. The molecule has 2 rings (SSSR count). The second-order valence-corrected chi connectivity index (χ2v) is 4.14. The van der Waals surface area contributed by atoms with Gasteiger partial charge in [-0.1, -0.05) is 12.1 Å². The van der Waals surface area contributed by atoms with Crippen molar-refractivity contribution in [2.45, 2.75) is 18.9 Å². The van der Waals surface area contributed by atoms with Crippen LogP contribution in [0.1, 0.15) is 12.5 Å². The van der Waals surface area contributed by atoms with Gasteiger partial charge in [0.1, 0.15) is 18.1 Å². The lowest BCUT2D eigenvalue weighted by Gasteiger charge is -2.22. The predicted octanol–water partition coefficient (Wildman–Crippen LogP) is 2.04. The van der Waals surface area contributed by atoms with Crippen molar-refractivity contribution in [2.75, 3.05) is 0 Å². The van der Waals surface area contributed by atoms with Crippen LogP contribution >= 0.6 is 0 Å². The fraction of sp³-hybridized carbons (Fsp3) is 0.250. The number of rotatable bonds is 3. The van der Waals surface area contributed by atoms with Crippen LogP contribution in [0.15, 0.2) is 30.9 Å². The molecule has 1 unspecified atom stereocenters. The number of hydrogen-bond donors (Lipinski definition) is 0. The van der Waals surface area contributed by atoms with E-state index < -0.39 is 17.0 Å². The van der Waals surface area contributed by atoms with Crippen LogP contribution in [0.3, 0.4) is 0 Å². The molecule has 2 aromatic rings. The Morgan fingerprint density at radius 2 is 2.22 bits per heavy atom. The summed E-state index contributed by atoms with van der Waals surface area (Å²) >= 11 is 0. The Morgan fingerprint density at radius 3 is 2.83 bits per heavy atom. The molecule has 0 aliphatic carbocycles. The predicted molar refractivity (Wildman–Crippen MR) is 59.3 cm³/mol. The number of benzene rings is 1. The summed E-state index contributed by atoms with van der Waals surface area (Å²) in [6, 6.07) is 5.81. The third-order valence-electron chi connectivity index (χ3n) is 2.74. The van der Waals surface area contributed by atoms with Crippen LogP contribution in [-0.4, -0.2) is 14.8 Å². The first-order valence-corrected chi connectivity index (χ1v) is 5.25. The zero-order valence-corrected chi connectivity index (χ0v) is 9.64. The van der Waals surface area contributed by atoms with Crippen LogP contribution < -0.4 is 0 Å². The normalized spacial score (nSPS) is 13.9. The van der Waals surface area contributed by atoms with Crippen LogP contribution in [0.4, 0.5) is 8.78 Å². The molecule has 18 heavy (non-hydrogen) atoms. The molecular weight excluding hydrogens is 238 g/mol. The largest absolute Gasteiger partial charge is 0.251 e. The second-order valence-electron chi connectivity index (χ2n) is 4.14. The lowest BCUT2D eigenvalue weighted by atomic mass is 9.83. The van der Waals surface area contributed by atoms with Crippen LogP contribution in [0.2, 0.25) is 0 Å². The smallest absolute Gasteiger partial charge is 0.163 e. The molecule has 0 aliphatic rings. The first-order chi connectivity index (χ1) is 8.57. The number of nitriles is 1. The Morgan fingerprint density at radius 1 is 1.44 bits per heavy atom. The highest BCUT2D eigenvalue weighted by molar-refractivity contribution is 5.33. The van der Waals surface area contributed by atoms with Gasteiger partial charge in [0, 0.05) is 5.56 Å². The Bertz CT molecular complexity index is 589. The maximum atomic E-state index is 13.7. The summed E-state index contributed by atoms with van der Waals surface area (Å²) in [7, 11) is 0. The van der Waals surface area contributed by atoms with Crippen molar-refractivity contribution in [3.63, 3.8) is 0 Å². The summed E-state index contributed by atoms with van der Waals surface area (Å²) < 4.78 is 28.4. The van der Waals surface area contributed by atoms with E-state index in [2.05, 4.69) is 10.1 Å². The monoisotopic (exact) mass is 248 g/mol. The van der Waals surface area contributed by atoms with Gasteiger partial charge in [0.2, 0.25) is 0 Å². The van der Waals surface area contributed by atoms with Crippen molar-refractivity contribution in [2.24, 2.45) is 0 Å². The third kappa shape index (κ3) is 2.07. The van der Waals surface area contributed by atoms with Gasteiger partial charge >= 0.3 is 0 Å². The summed E-state index contributed by atoms with van der Waals surface area (Å²) in [6.45, 7) is 1.64. The van der Waals surface area contributed by atoms with Gasteiger partial charge in [-0.25, -0.2) is 13.8 Å². The van der Waals surface area contributed by atoms with Crippen LogP contribution in [0, 0.1) is 23.0 Å². The molecule has 4 nitrogen and oxygen atoms in total. The minimum atomic E-state index is -1.21. The molecule has 0 spiro atoms. The van der Waals surface area contributed by atoms with Gasteiger partial charge in [0.15, 0.2) is 11.6 Å².